The minimum absolute atomic E-state index is 0.140. The number of benzene rings is 1. The van der Waals surface area contributed by atoms with E-state index in [0.29, 0.717) is 6.54 Å². The molecule has 0 aromatic heterocycles. The molecule has 1 aromatic carbocycles. The van der Waals surface area contributed by atoms with Crippen LogP contribution in [0.25, 0.3) is 0 Å². The molecule has 0 heterocycles. The van der Waals surface area contributed by atoms with E-state index in [2.05, 4.69) is 5.32 Å². The maximum Gasteiger partial charge on any atom is 0.221 e. The average molecular weight is 328 g/mol. The largest absolute Gasteiger partial charge is 0.497 e. The molecular formula is C15H24N2O4S. The predicted octanol–water partition coefficient (Wildman–Crippen LogP) is 1.37. The summed E-state index contributed by atoms with van der Waals surface area (Å²) < 4.78 is 29.6. The highest BCUT2D eigenvalue weighted by molar-refractivity contribution is 7.88. The Bertz CT molecular complexity index is 582. The number of carbonyl (C=O) groups is 1. The van der Waals surface area contributed by atoms with Crippen LogP contribution < -0.4 is 10.1 Å². The van der Waals surface area contributed by atoms with Gasteiger partial charge in [-0.05, 0) is 31.5 Å². The van der Waals surface area contributed by atoms with Crippen LogP contribution in [0.4, 0.5) is 0 Å². The molecule has 0 aliphatic heterocycles. The van der Waals surface area contributed by atoms with E-state index in [1.165, 1.54) is 4.31 Å². The Balaban J connectivity index is 2.45. The van der Waals surface area contributed by atoms with Crippen LogP contribution in [0.2, 0.25) is 0 Å². The van der Waals surface area contributed by atoms with Crippen molar-refractivity contribution in [1.82, 2.24) is 9.62 Å². The molecule has 0 aliphatic rings. The van der Waals surface area contributed by atoms with Crippen molar-refractivity contribution in [3.8, 4) is 5.75 Å². The highest BCUT2D eigenvalue weighted by atomic mass is 32.2. The third-order valence-corrected chi connectivity index (χ3v) is 4.67. The van der Waals surface area contributed by atoms with Gasteiger partial charge in [0.1, 0.15) is 5.75 Å². The molecule has 0 atom stereocenters. The summed E-state index contributed by atoms with van der Waals surface area (Å²) in [5.41, 5.74) is 0.956. The number of rotatable bonds is 8. The van der Waals surface area contributed by atoms with Crippen molar-refractivity contribution in [1.29, 1.82) is 0 Å². The second-order valence-electron chi connectivity index (χ2n) is 5.34. The standard InChI is InChI=1S/C15H24N2O4S/c1-12(2)17(22(4,19)20)10-9-15(18)16-11-13-5-7-14(21-3)8-6-13/h5-8,12H,9-11H2,1-4H3,(H,16,18). The van der Waals surface area contributed by atoms with Gasteiger partial charge in [-0.2, -0.15) is 4.31 Å². The van der Waals surface area contributed by atoms with E-state index in [1.54, 1.807) is 21.0 Å². The molecule has 0 radical (unpaired) electrons. The van der Waals surface area contributed by atoms with Crippen molar-refractivity contribution < 1.29 is 17.9 Å². The fraction of sp³-hybridized carbons (Fsp3) is 0.533. The van der Waals surface area contributed by atoms with E-state index >= 15 is 0 Å². The first kappa shape index (κ1) is 18.4. The van der Waals surface area contributed by atoms with Gasteiger partial charge in [0.25, 0.3) is 0 Å². The Morgan fingerprint density at radius 3 is 2.32 bits per heavy atom. The molecular weight excluding hydrogens is 304 g/mol. The van der Waals surface area contributed by atoms with Crippen LogP contribution in [-0.2, 0) is 21.4 Å². The molecule has 0 fully saturated rings. The lowest BCUT2D eigenvalue weighted by molar-refractivity contribution is -0.121. The van der Waals surface area contributed by atoms with Gasteiger partial charge < -0.3 is 10.1 Å². The van der Waals surface area contributed by atoms with Crippen molar-refractivity contribution in [2.45, 2.75) is 32.9 Å². The molecule has 1 rings (SSSR count). The van der Waals surface area contributed by atoms with Gasteiger partial charge in [-0.25, -0.2) is 8.42 Å². The predicted molar refractivity (Wildman–Crippen MR) is 86.1 cm³/mol. The zero-order chi connectivity index (χ0) is 16.8. The van der Waals surface area contributed by atoms with Crippen molar-refractivity contribution >= 4 is 15.9 Å². The molecule has 1 N–H and O–H groups in total. The lowest BCUT2D eigenvalue weighted by Crippen LogP contribution is -2.39. The smallest absolute Gasteiger partial charge is 0.221 e. The van der Waals surface area contributed by atoms with E-state index in [9.17, 15) is 13.2 Å². The van der Waals surface area contributed by atoms with Gasteiger partial charge in [-0.3, -0.25) is 4.79 Å². The molecule has 0 saturated heterocycles. The molecule has 1 aromatic rings. The zero-order valence-corrected chi connectivity index (χ0v) is 14.3. The average Bonchev–Trinajstić information content (AvgIpc) is 2.44. The van der Waals surface area contributed by atoms with Crippen LogP contribution in [0.3, 0.4) is 0 Å². The number of ether oxygens (including phenoxy) is 1. The third-order valence-electron chi connectivity index (χ3n) is 3.21. The van der Waals surface area contributed by atoms with Gasteiger partial charge in [0.15, 0.2) is 0 Å². The van der Waals surface area contributed by atoms with Crippen LogP contribution >= 0.6 is 0 Å². The number of sulfonamides is 1. The van der Waals surface area contributed by atoms with Crippen molar-refractivity contribution in [3.63, 3.8) is 0 Å². The second kappa shape index (κ2) is 8.14. The quantitative estimate of drug-likeness (QED) is 0.782. The molecule has 0 bridgehead atoms. The topological polar surface area (TPSA) is 75.7 Å². The van der Waals surface area contributed by atoms with Crippen molar-refractivity contribution in [2.24, 2.45) is 0 Å². The van der Waals surface area contributed by atoms with E-state index in [-0.39, 0.29) is 24.9 Å². The van der Waals surface area contributed by atoms with Gasteiger partial charge in [0, 0.05) is 25.6 Å². The summed E-state index contributed by atoms with van der Waals surface area (Å²) in [5, 5.41) is 2.78. The molecule has 0 saturated carbocycles. The van der Waals surface area contributed by atoms with E-state index in [1.807, 2.05) is 24.3 Å². The van der Waals surface area contributed by atoms with Crippen LogP contribution in [0, 0.1) is 0 Å². The first-order chi connectivity index (χ1) is 10.2. The maximum absolute atomic E-state index is 11.8. The van der Waals surface area contributed by atoms with Gasteiger partial charge in [0.2, 0.25) is 15.9 Å². The second-order valence-corrected chi connectivity index (χ2v) is 7.28. The Kier molecular flexibility index (Phi) is 6.83. The fourth-order valence-corrected chi connectivity index (χ4v) is 3.24. The first-order valence-electron chi connectivity index (χ1n) is 7.10. The van der Waals surface area contributed by atoms with Gasteiger partial charge >= 0.3 is 0 Å². The normalized spacial score (nSPS) is 11.7. The minimum Gasteiger partial charge on any atom is -0.497 e. The molecule has 6 nitrogen and oxygen atoms in total. The lowest BCUT2D eigenvalue weighted by atomic mass is 10.2. The fourth-order valence-electron chi connectivity index (χ4n) is 2.05. The monoisotopic (exact) mass is 328 g/mol. The van der Waals surface area contributed by atoms with Crippen molar-refractivity contribution in [3.05, 3.63) is 29.8 Å². The number of hydrogen-bond acceptors (Lipinski definition) is 4. The number of methoxy groups -OCH3 is 1. The Morgan fingerprint density at radius 2 is 1.86 bits per heavy atom. The first-order valence-corrected chi connectivity index (χ1v) is 8.95. The number of nitrogens with one attached hydrogen (secondary N) is 1. The summed E-state index contributed by atoms with van der Waals surface area (Å²) in [7, 11) is -1.70. The summed E-state index contributed by atoms with van der Waals surface area (Å²) in [4.78, 5) is 11.8. The SMILES string of the molecule is COc1ccc(CNC(=O)CCN(C(C)C)S(C)(=O)=O)cc1. The minimum atomic E-state index is -3.30. The Hall–Kier alpha value is -1.60. The van der Waals surface area contributed by atoms with Crippen molar-refractivity contribution in [2.75, 3.05) is 19.9 Å². The molecule has 124 valence electrons. The van der Waals surface area contributed by atoms with Crippen LogP contribution in [0.15, 0.2) is 24.3 Å². The van der Waals surface area contributed by atoms with E-state index in [0.717, 1.165) is 17.6 Å². The maximum atomic E-state index is 11.8. The molecule has 7 heteroatoms. The number of amides is 1. The molecule has 1 amide bonds. The van der Waals surface area contributed by atoms with Crippen LogP contribution in [0.5, 0.6) is 5.75 Å². The van der Waals surface area contributed by atoms with E-state index < -0.39 is 10.0 Å². The summed E-state index contributed by atoms with van der Waals surface area (Å²) >= 11 is 0. The summed E-state index contributed by atoms with van der Waals surface area (Å²) in [6, 6.07) is 7.23. The highest BCUT2D eigenvalue weighted by Gasteiger charge is 2.20. The van der Waals surface area contributed by atoms with Gasteiger partial charge in [-0.1, -0.05) is 12.1 Å². The molecule has 0 unspecified atom stereocenters. The zero-order valence-electron chi connectivity index (χ0n) is 13.5. The molecule has 0 spiro atoms. The van der Waals surface area contributed by atoms with Gasteiger partial charge in [0.05, 0.1) is 13.4 Å². The lowest BCUT2D eigenvalue weighted by Gasteiger charge is -2.23. The Morgan fingerprint density at radius 1 is 1.27 bits per heavy atom. The molecule has 0 aliphatic carbocycles. The highest BCUT2D eigenvalue weighted by Crippen LogP contribution is 2.11. The van der Waals surface area contributed by atoms with Gasteiger partial charge in [-0.15, -0.1) is 0 Å². The van der Waals surface area contributed by atoms with Crippen LogP contribution in [-0.4, -0.2) is 44.6 Å². The number of nitrogens with zero attached hydrogens (tertiary/aromatic N) is 1. The summed E-state index contributed by atoms with van der Waals surface area (Å²) in [5.74, 6) is 0.584. The van der Waals surface area contributed by atoms with Crippen LogP contribution in [0.1, 0.15) is 25.8 Å². The Labute approximate surface area is 132 Å². The molecule has 22 heavy (non-hydrogen) atoms. The van der Waals surface area contributed by atoms with E-state index in [4.69, 9.17) is 4.74 Å². The summed E-state index contributed by atoms with van der Waals surface area (Å²) in [6.45, 7) is 4.17. The summed E-state index contributed by atoms with van der Waals surface area (Å²) in [6.07, 6.45) is 1.30. The number of carbonyl (C=O) groups excluding carboxylic acids is 1. The third kappa shape index (κ3) is 6.03. The number of hydrogen-bond donors (Lipinski definition) is 1.